The van der Waals surface area contributed by atoms with Crippen molar-refractivity contribution in [2.24, 2.45) is 0 Å². The van der Waals surface area contributed by atoms with E-state index < -0.39 is 0 Å². The highest BCUT2D eigenvalue weighted by Crippen LogP contribution is 2.42. The van der Waals surface area contributed by atoms with Crippen molar-refractivity contribution in [3.8, 4) is 0 Å². The van der Waals surface area contributed by atoms with Crippen LogP contribution in [0.4, 0.5) is 4.39 Å². The highest BCUT2D eigenvalue weighted by molar-refractivity contribution is 5.74. The Morgan fingerprint density at radius 3 is 3.17 bits per heavy atom. The largest absolute Gasteiger partial charge is 0.393 e. The van der Waals surface area contributed by atoms with Gasteiger partial charge in [-0.3, -0.25) is 4.90 Å². The van der Waals surface area contributed by atoms with E-state index in [0.29, 0.717) is 0 Å². The number of methoxy groups -OCH3 is 1. The summed E-state index contributed by atoms with van der Waals surface area (Å²) in [5.74, 6) is 0.625. The maximum atomic E-state index is 13.3. The Balaban J connectivity index is 1.46. The first-order chi connectivity index (χ1) is 11.6. The highest BCUT2D eigenvalue weighted by atomic mass is 19.1. The molecule has 1 saturated carbocycles. The zero-order valence-corrected chi connectivity index (χ0v) is 14.0. The van der Waals surface area contributed by atoms with Crippen LogP contribution in [0.1, 0.15) is 31.5 Å². The molecule has 0 bridgehead atoms. The van der Waals surface area contributed by atoms with Gasteiger partial charge < -0.3 is 14.8 Å². The number of benzene rings is 1. The van der Waals surface area contributed by atoms with E-state index in [9.17, 15) is 9.50 Å². The van der Waals surface area contributed by atoms with Crippen LogP contribution in [0.2, 0.25) is 0 Å². The van der Waals surface area contributed by atoms with Gasteiger partial charge >= 0.3 is 0 Å². The summed E-state index contributed by atoms with van der Waals surface area (Å²) in [5.41, 5.74) is 1.44. The Morgan fingerprint density at radius 1 is 1.46 bits per heavy atom. The molecule has 1 aromatic heterocycles. The smallest absolute Gasteiger partial charge is 0.125 e. The number of H-pyrrole nitrogens is 1. The van der Waals surface area contributed by atoms with Crippen molar-refractivity contribution in [3.63, 3.8) is 0 Å². The lowest BCUT2D eigenvalue weighted by molar-refractivity contribution is -0.0867. The van der Waals surface area contributed by atoms with Crippen LogP contribution in [0.5, 0.6) is 0 Å². The van der Waals surface area contributed by atoms with Gasteiger partial charge in [0.2, 0.25) is 0 Å². The third-order valence-electron chi connectivity index (χ3n) is 5.80. The second-order valence-electron chi connectivity index (χ2n) is 7.09. The number of hydrogen-bond acceptors (Lipinski definition) is 4. The summed E-state index contributed by atoms with van der Waals surface area (Å²) in [6.45, 7) is 1.85. The standard InChI is InChI=1S/C18H24FN3O2/c1-24-18-6-4-13(23)11-16(18)22(9-7-18)8-5-17-20-14-3-2-12(19)10-15(14)21-17/h2-3,10,13,16,23H,4-9,11H2,1H3,(H,20,21)/t13-,16-,18+/m0/s1. The molecule has 1 aromatic carbocycles. The molecular formula is C18H24FN3O2. The zero-order chi connectivity index (χ0) is 16.7. The molecule has 24 heavy (non-hydrogen) atoms. The molecule has 2 heterocycles. The summed E-state index contributed by atoms with van der Waals surface area (Å²) < 4.78 is 19.2. The maximum Gasteiger partial charge on any atom is 0.125 e. The number of imidazole rings is 1. The number of ether oxygens (including phenoxy) is 1. The minimum atomic E-state index is -0.252. The van der Waals surface area contributed by atoms with Crippen molar-refractivity contribution >= 4 is 11.0 Å². The number of aromatic amines is 1. The van der Waals surface area contributed by atoms with Gasteiger partial charge in [-0.15, -0.1) is 0 Å². The Kier molecular flexibility index (Phi) is 4.06. The average Bonchev–Trinajstić information content (AvgIpc) is 3.14. The van der Waals surface area contributed by atoms with Crippen LogP contribution in [-0.2, 0) is 11.2 Å². The van der Waals surface area contributed by atoms with Crippen molar-refractivity contribution in [1.29, 1.82) is 0 Å². The number of nitrogens with one attached hydrogen (secondary N) is 1. The van der Waals surface area contributed by atoms with Gasteiger partial charge in [-0.1, -0.05) is 0 Å². The van der Waals surface area contributed by atoms with Gasteiger partial charge in [-0.2, -0.15) is 0 Å². The number of nitrogens with zero attached hydrogens (tertiary/aromatic N) is 2. The van der Waals surface area contributed by atoms with Gasteiger partial charge in [0.1, 0.15) is 11.6 Å². The van der Waals surface area contributed by atoms with E-state index in [1.807, 2.05) is 0 Å². The van der Waals surface area contributed by atoms with Gasteiger partial charge in [0.25, 0.3) is 0 Å². The fraction of sp³-hybridized carbons (Fsp3) is 0.611. The van der Waals surface area contributed by atoms with Gasteiger partial charge in [-0.25, -0.2) is 9.37 Å². The molecule has 1 aliphatic heterocycles. The molecule has 0 unspecified atom stereocenters. The van der Waals surface area contributed by atoms with Crippen LogP contribution in [-0.4, -0.2) is 57.9 Å². The summed E-state index contributed by atoms with van der Waals surface area (Å²) in [7, 11) is 1.79. The minimum Gasteiger partial charge on any atom is -0.393 e. The summed E-state index contributed by atoms with van der Waals surface area (Å²) >= 11 is 0. The number of halogens is 1. The van der Waals surface area contributed by atoms with E-state index in [1.165, 1.54) is 12.1 Å². The molecule has 2 N–H and O–H groups in total. The molecule has 2 fully saturated rings. The number of aliphatic hydroxyl groups excluding tert-OH is 1. The predicted molar refractivity (Wildman–Crippen MR) is 89.3 cm³/mol. The number of likely N-dealkylation sites (tertiary alicyclic amines) is 1. The van der Waals surface area contributed by atoms with Crippen LogP contribution in [0, 0.1) is 5.82 Å². The SMILES string of the molecule is CO[C@@]12CC[C@H](O)C[C@@H]1N(CCc1nc3ccc(F)cc3[nH]1)CC2. The molecule has 130 valence electrons. The summed E-state index contributed by atoms with van der Waals surface area (Å²) in [6, 6.07) is 4.89. The van der Waals surface area contributed by atoms with E-state index >= 15 is 0 Å². The number of rotatable bonds is 4. The van der Waals surface area contributed by atoms with E-state index in [0.717, 1.165) is 62.1 Å². The molecule has 2 aliphatic rings. The van der Waals surface area contributed by atoms with Crippen molar-refractivity contribution in [1.82, 2.24) is 14.9 Å². The number of hydrogen-bond donors (Lipinski definition) is 2. The summed E-state index contributed by atoms with van der Waals surface area (Å²) in [4.78, 5) is 10.2. The van der Waals surface area contributed by atoms with Gasteiger partial charge in [0.05, 0.1) is 22.7 Å². The Hall–Kier alpha value is -1.50. The van der Waals surface area contributed by atoms with Gasteiger partial charge in [0, 0.05) is 32.7 Å². The molecule has 3 atom stereocenters. The summed E-state index contributed by atoms with van der Waals surface area (Å²) in [6.07, 6.45) is 4.10. The van der Waals surface area contributed by atoms with Crippen molar-refractivity contribution in [3.05, 3.63) is 29.8 Å². The molecule has 0 spiro atoms. The third kappa shape index (κ3) is 2.72. The van der Waals surface area contributed by atoms with Crippen molar-refractivity contribution in [2.45, 2.75) is 49.9 Å². The Bertz CT molecular complexity index is 734. The summed E-state index contributed by atoms with van der Waals surface area (Å²) in [5, 5.41) is 10.1. The molecule has 0 amide bonds. The van der Waals surface area contributed by atoms with Crippen LogP contribution < -0.4 is 0 Å². The normalized spacial score (nSPS) is 30.8. The molecule has 5 nitrogen and oxygen atoms in total. The first kappa shape index (κ1) is 16.0. The number of fused-ring (bicyclic) bond motifs is 2. The molecular weight excluding hydrogens is 309 g/mol. The first-order valence-corrected chi connectivity index (χ1v) is 8.71. The molecule has 0 radical (unpaired) electrons. The van der Waals surface area contributed by atoms with Crippen molar-refractivity contribution < 1.29 is 14.2 Å². The third-order valence-corrected chi connectivity index (χ3v) is 5.80. The van der Waals surface area contributed by atoms with Crippen molar-refractivity contribution in [2.75, 3.05) is 20.2 Å². The molecule has 2 aromatic rings. The van der Waals surface area contributed by atoms with E-state index in [2.05, 4.69) is 14.9 Å². The number of aliphatic hydroxyl groups is 1. The first-order valence-electron chi connectivity index (χ1n) is 8.71. The number of aromatic nitrogens is 2. The lowest BCUT2D eigenvalue weighted by Crippen LogP contribution is -2.51. The van der Waals surface area contributed by atoms with Crippen LogP contribution >= 0.6 is 0 Å². The topological polar surface area (TPSA) is 61.4 Å². The lowest BCUT2D eigenvalue weighted by Gasteiger charge is -2.42. The molecule has 1 saturated heterocycles. The quantitative estimate of drug-likeness (QED) is 0.901. The van der Waals surface area contributed by atoms with Crippen LogP contribution in [0.15, 0.2) is 18.2 Å². The maximum absolute atomic E-state index is 13.3. The monoisotopic (exact) mass is 333 g/mol. The molecule has 4 rings (SSSR count). The zero-order valence-electron chi connectivity index (χ0n) is 14.0. The molecule has 6 heteroatoms. The van der Waals surface area contributed by atoms with Crippen LogP contribution in [0.3, 0.4) is 0 Å². The lowest BCUT2D eigenvalue weighted by atomic mass is 9.79. The highest BCUT2D eigenvalue weighted by Gasteiger charge is 2.50. The van der Waals surface area contributed by atoms with E-state index in [4.69, 9.17) is 4.74 Å². The fourth-order valence-electron chi connectivity index (χ4n) is 4.44. The second-order valence-corrected chi connectivity index (χ2v) is 7.09. The molecule has 1 aliphatic carbocycles. The predicted octanol–water partition coefficient (Wildman–Crippen LogP) is 2.25. The second kappa shape index (κ2) is 6.10. The fourth-order valence-corrected chi connectivity index (χ4v) is 4.44. The van der Waals surface area contributed by atoms with E-state index in [1.54, 1.807) is 13.2 Å². The van der Waals surface area contributed by atoms with E-state index in [-0.39, 0.29) is 23.6 Å². The Labute approximate surface area is 140 Å². The van der Waals surface area contributed by atoms with Crippen LogP contribution in [0.25, 0.3) is 11.0 Å². The van der Waals surface area contributed by atoms with Gasteiger partial charge in [0.15, 0.2) is 0 Å². The van der Waals surface area contributed by atoms with Gasteiger partial charge in [-0.05, 0) is 43.9 Å². The minimum absolute atomic E-state index is 0.101. The Morgan fingerprint density at radius 2 is 2.33 bits per heavy atom. The average molecular weight is 333 g/mol.